The summed E-state index contributed by atoms with van der Waals surface area (Å²) in [5.41, 5.74) is 5.36. The van der Waals surface area contributed by atoms with Crippen LogP contribution < -0.4 is 11.1 Å². The van der Waals surface area contributed by atoms with Crippen LogP contribution in [0.5, 0.6) is 0 Å². The number of carboxylic acids is 1. The molecule has 0 aromatic heterocycles. The molecule has 1 saturated heterocycles. The summed E-state index contributed by atoms with van der Waals surface area (Å²) in [6, 6.07) is 3.38. The van der Waals surface area contributed by atoms with Crippen molar-refractivity contribution in [3.05, 3.63) is 23.8 Å². The van der Waals surface area contributed by atoms with E-state index in [-0.39, 0.29) is 41.7 Å². The van der Waals surface area contributed by atoms with Crippen LogP contribution in [0.4, 0.5) is 5.69 Å². The maximum atomic E-state index is 12.4. The summed E-state index contributed by atoms with van der Waals surface area (Å²) in [5, 5.41) is 11.3. The minimum atomic E-state index is -3.91. The second kappa shape index (κ2) is 5.10. The van der Waals surface area contributed by atoms with Gasteiger partial charge in [-0.2, -0.15) is 4.31 Å². The van der Waals surface area contributed by atoms with E-state index in [1.54, 1.807) is 0 Å². The molecule has 108 valence electrons. The number of nitrogens with zero attached hydrogens (tertiary/aromatic N) is 1. The normalized spacial score (nSPS) is 16.7. The average molecular weight is 299 g/mol. The van der Waals surface area contributed by atoms with E-state index in [9.17, 15) is 18.0 Å². The molecule has 1 aromatic rings. The van der Waals surface area contributed by atoms with Crippen LogP contribution in [0.2, 0.25) is 0 Å². The van der Waals surface area contributed by atoms with Crippen LogP contribution in [0, 0.1) is 0 Å². The van der Waals surface area contributed by atoms with Crippen molar-refractivity contribution in [1.82, 2.24) is 9.62 Å². The third-order valence-corrected chi connectivity index (χ3v) is 4.80. The van der Waals surface area contributed by atoms with Crippen molar-refractivity contribution < 1.29 is 23.1 Å². The standard InChI is InChI=1S/C11H13N3O5S/c12-8-5-7(11(16)17)1-2-9(8)20(18,19)14-4-3-13-10(15)6-14/h1-2,5H,3-4,6,12H2,(H,13,15)(H,16,17). The van der Waals surface area contributed by atoms with Crippen LogP contribution in [0.3, 0.4) is 0 Å². The van der Waals surface area contributed by atoms with Gasteiger partial charge in [0.05, 0.1) is 17.8 Å². The molecule has 1 aromatic carbocycles. The molecule has 0 bridgehead atoms. The quantitative estimate of drug-likeness (QED) is 0.619. The Bertz CT molecular complexity index is 671. The molecule has 1 amide bonds. The molecule has 1 heterocycles. The van der Waals surface area contributed by atoms with Gasteiger partial charge in [0.2, 0.25) is 15.9 Å². The Morgan fingerprint density at radius 2 is 2.10 bits per heavy atom. The molecule has 20 heavy (non-hydrogen) atoms. The molecule has 9 heteroatoms. The van der Waals surface area contributed by atoms with Crippen LogP contribution in [-0.2, 0) is 14.8 Å². The summed E-state index contributed by atoms with van der Waals surface area (Å²) in [6.07, 6.45) is 0. The molecule has 1 fully saturated rings. The average Bonchev–Trinajstić information content (AvgIpc) is 2.38. The van der Waals surface area contributed by atoms with Gasteiger partial charge in [0.15, 0.2) is 0 Å². The van der Waals surface area contributed by atoms with Crippen LogP contribution in [0.1, 0.15) is 10.4 Å². The second-order valence-corrected chi connectivity index (χ2v) is 6.15. The highest BCUT2D eigenvalue weighted by Gasteiger charge is 2.30. The van der Waals surface area contributed by atoms with Crippen molar-refractivity contribution >= 4 is 27.6 Å². The molecule has 1 aliphatic rings. The molecular formula is C11H13N3O5S. The van der Waals surface area contributed by atoms with Crippen molar-refractivity contribution in [1.29, 1.82) is 0 Å². The molecule has 0 unspecified atom stereocenters. The Kier molecular flexibility index (Phi) is 3.64. The van der Waals surface area contributed by atoms with Gasteiger partial charge in [-0.1, -0.05) is 0 Å². The predicted molar refractivity (Wildman–Crippen MR) is 69.6 cm³/mol. The Hall–Kier alpha value is -2.13. The first-order chi connectivity index (χ1) is 9.32. The van der Waals surface area contributed by atoms with Gasteiger partial charge in [-0.15, -0.1) is 0 Å². The largest absolute Gasteiger partial charge is 0.478 e. The zero-order chi connectivity index (χ0) is 14.9. The van der Waals surface area contributed by atoms with E-state index in [2.05, 4.69) is 5.32 Å². The summed E-state index contributed by atoms with van der Waals surface area (Å²) in [4.78, 5) is 21.8. The number of nitrogens with two attached hydrogens (primary N) is 1. The van der Waals surface area contributed by atoms with E-state index in [1.807, 2.05) is 0 Å². The van der Waals surface area contributed by atoms with E-state index in [0.717, 1.165) is 22.5 Å². The third kappa shape index (κ3) is 2.58. The van der Waals surface area contributed by atoms with Crippen molar-refractivity contribution in [2.24, 2.45) is 0 Å². The van der Waals surface area contributed by atoms with Crippen molar-refractivity contribution in [3.63, 3.8) is 0 Å². The topological polar surface area (TPSA) is 130 Å². The lowest BCUT2D eigenvalue weighted by Crippen LogP contribution is -2.49. The Labute approximate surface area is 115 Å². The zero-order valence-corrected chi connectivity index (χ0v) is 11.2. The monoisotopic (exact) mass is 299 g/mol. The number of benzene rings is 1. The van der Waals surface area contributed by atoms with Crippen LogP contribution in [-0.4, -0.2) is 49.3 Å². The SMILES string of the molecule is Nc1cc(C(=O)O)ccc1S(=O)(=O)N1CCNC(=O)C1. The fraction of sp³-hybridized carbons (Fsp3) is 0.273. The van der Waals surface area contributed by atoms with E-state index >= 15 is 0 Å². The van der Waals surface area contributed by atoms with Gasteiger partial charge in [-0.05, 0) is 18.2 Å². The molecule has 0 spiro atoms. The number of piperazine rings is 1. The second-order valence-electron chi connectivity index (χ2n) is 4.25. The fourth-order valence-corrected chi connectivity index (χ4v) is 3.37. The highest BCUT2D eigenvalue weighted by atomic mass is 32.2. The maximum absolute atomic E-state index is 12.4. The summed E-state index contributed by atoms with van der Waals surface area (Å²) < 4.78 is 25.7. The number of carbonyl (C=O) groups excluding carboxylic acids is 1. The Morgan fingerprint density at radius 1 is 1.40 bits per heavy atom. The van der Waals surface area contributed by atoms with Gasteiger partial charge < -0.3 is 16.2 Å². The van der Waals surface area contributed by atoms with Crippen molar-refractivity contribution in [2.75, 3.05) is 25.4 Å². The smallest absolute Gasteiger partial charge is 0.335 e. The summed E-state index contributed by atoms with van der Waals surface area (Å²) >= 11 is 0. The van der Waals surface area contributed by atoms with Crippen LogP contribution >= 0.6 is 0 Å². The Balaban J connectivity index is 2.39. The summed E-state index contributed by atoms with van der Waals surface area (Å²) in [7, 11) is -3.91. The van der Waals surface area contributed by atoms with E-state index in [4.69, 9.17) is 10.8 Å². The number of aromatic carboxylic acids is 1. The summed E-state index contributed by atoms with van der Waals surface area (Å²) in [5.74, 6) is -1.58. The lowest BCUT2D eigenvalue weighted by atomic mass is 10.2. The van der Waals surface area contributed by atoms with Gasteiger partial charge in [-0.25, -0.2) is 13.2 Å². The highest BCUT2D eigenvalue weighted by Crippen LogP contribution is 2.24. The van der Waals surface area contributed by atoms with Gasteiger partial charge >= 0.3 is 5.97 Å². The third-order valence-electron chi connectivity index (χ3n) is 2.88. The number of carboxylic acid groups (broad SMARTS) is 1. The Morgan fingerprint density at radius 3 is 2.65 bits per heavy atom. The van der Waals surface area contributed by atoms with Crippen molar-refractivity contribution in [3.8, 4) is 0 Å². The number of anilines is 1. The molecular weight excluding hydrogens is 286 g/mol. The van der Waals surface area contributed by atoms with Crippen LogP contribution in [0.15, 0.2) is 23.1 Å². The zero-order valence-electron chi connectivity index (χ0n) is 10.4. The first-order valence-corrected chi connectivity index (χ1v) is 7.16. The minimum Gasteiger partial charge on any atom is -0.478 e. The van der Waals surface area contributed by atoms with Gasteiger partial charge in [0, 0.05) is 13.1 Å². The molecule has 2 rings (SSSR count). The maximum Gasteiger partial charge on any atom is 0.335 e. The number of nitrogens with one attached hydrogen (secondary N) is 1. The van der Waals surface area contributed by atoms with Gasteiger partial charge in [-0.3, -0.25) is 4.79 Å². The van der Waals surface area contributed by atoms with Gasteiger partial charge in [0.25, 0.3) is 0 Å². The lowest BCUT2D eigenvalue weighted by Gasteiger charge is -2.26. The molecule has 0 aliphatic carbocycles. The summed E-state index contributed by atoms with van der Waals surface area (Å²) in [6.45, 7) is 0.0990. The number of sulfonamides is 1. The molecule has 1 aliphatic heterocycles. The first kappa shape index (κ1) is 14.3. The fourth-order valence-electron chi connectivity index (χ4n) is 1.88. The molecule has 8 nitrogen and oxygen atoms in total. The number of amides is 1. The molecule has 0 atom stereocenters. The van der Waals surface area contributed by atoms with E-state index < -0.39 is 16.0 Å². The van der Waals surface area contributed by atoms with E-state index in [1.165, 1.54) is 0 Å². The first-order valence-electron chi connectivity index (χ1n) is 5.72. The van der Waals surface area contributed by atoms with Crippen LogP contribution in [0.25, 0.3) is 0 Å². The molecule has 0 saturated carbocycles. The van der Waals surface area contributed by atoms with Gasteiger partial charge in [0.1, 0.15) is 4.90 Å². The highest BCUT2D eigenvalue weighted by molar-refractivity contribution is 7.89. The molecule has 0 radical (unpaired) electrons. The molecule has 4 N–H and O–H groups in total. The predicted octanol–water partition coefficient (Wildman–Crippen LogP) is -0.913. The van der Waals surface area contributed by atoms with Crippen molar-refractivity contribution in [2.45, 2.75) is 4.90 Å². The number of carbonyl (C=O) groups is 2. The lowest BCUT2D eigenvalue weighted by molar-refractivity contribution is -0.122. The number of hydrogen-bond donors (Lipinski definition) is 3. The number of nitrogen functional groups attached to an aromatic ring is 1. The minimum absolute atomic E-state index is 0.0992. The van der Waals surface area contributed by atoms with E-state index in [0.29, 0.717) is 0 Å². The number of hydrogen-bond acceptors (Lipinski definition) is 5. The number of rotatable bonds is 3.